The molecule has 5 nitrogen and oxygen atoms in total. The van der Waals surface area contributed by atoms with Crippen LogP contribution >= 0.6 is 0 Å². The number of allylic oxidation sites excluding steroid dienone is 1. The summed E-state index contributed by atoms with van der Waals surface area (Å²) in [5.74, 6) is -0.443. The van der Waals surface area contributed by atoms with Crippen molar-refractivity contribution in [1.82, 2.24) is 10.1 Å². The summed E-state index contributed by atoms with van der Waals surface area (Å²) in [5.41, 5.74) is 3.26. The Morgan fingerprint density at radius 3 is 2.76 bits per heavy atom. The Labute approximate surface area is 196 Å². The third kappa shape index (κ3) is 5.20. The van der Waals surface area contributed by atoms with Crippen LogP contribution in [0.1, 0.15) is 18.2 Å². The third-order valence-electron chi connectivity index (χ3n) is 5.13. The lowest BCUT2D eigenvalue weighted by Gasteiger charge is -2.20. The van der Waals surface area contributed by atoms with E-state index in [0.717, 1.165) is 17.4 Å². The molecule has 7 heteroatoms. The summed E-state index contributed by atoms with van der Waals surface area (Å²) in [4.78, 5) is 6.34. The van der Waals surface area contributed by atoms with Gasteiger partial charge in [-0.25, -0.2) is 8.78 Å². The minimum absolute atomic E-state index is 0.107. The molecule has 2 aromatic carbocycles. The van der Waals surface area contributed by atoms with E-state index in [4.69, 9.17) is 9.26 Å². The molecule has 0 spiro atoms. The van der Waals surface area contributed by atoms with Crippen LogP contribution in [0, 0.1) is 11.6 Å². The molecular weight excluding hydrogens is 436 g/mol. The van der Waals surface area contributed by atoms with Gasteiger partial charge < -0.3 is 14.2 Å². The number of aliphatic imine (C=N–C) groups is 1. The maximum atomic E-state index is 14.1. The molecule has 0 aliphatic carbocycles. The predicted molar refractivity (Wildman–Crippen MR) is 128 cm³/mol. The maximum Gasteiger partial charge on any atom is 0.167 e. The van der Waals surface area contributed by atoms with Crippen LogP contribution in [0.5, 0.6) is 5.75 Å². The van der Waals surface area contributed by atoms with Crippen molar-refractivity contribution in [2.75, 3.05) is 6.61 Å². The Balaban J connectivity index is 1.48. The Hall–Kier alpha value is -4.26. The van der Waals surface area contributed by atoms with Crippen LogP contribution in [0.4, 0.5) is 8.78 Å². The summed E-state index contributed by atoms with van der Waals surface area (Å²) in [7, 11) is 0. The number of rotatable bonds is 8. The van der Waals surface area contributed by atoms with E-state index in [1.165, 1.54) is 12.1 Å². The molecule has 0 bridgehead atoms. The molecule has 0 saturated carbocycles. The van der Waals surface area contributed by atoms with Gasteiger partial charge in [-0.1, -0.05) is 30.5 Å². The fraction of sp³-hybridized carbons (Fsp3) is 0.111. The van der Waals surface area contributed by atoms with Crippen molar-refractivity contribution in [3.63, 3.8) is 0 Å². The van der Waals surface area contributed by atoms with Crippen LogP contribution in [0.3, 0.4) is 0 Å². The third-order valence-corrected chi connectivity index (χ3v) is 5.13. The van der Waals surface area contributed by atoms with Crippen molar-refractivity contribution in [2.45, 2.75) is 13.5 Å². The highest BCUT2D eigenvalue weighted by Crippen LogP contribution is 2.25. The summed E-state index contributed by atoms with van der Waals surface area (Å²) >= 11 is 0. The van der Waals surface area contributed by atoms with Gasteiger partial charge in [-0.05, 0) is 55.0 Å². The van der Waals surface area contributed by atoms with Gasteiger partial charge in [0.25, 0.3) is 0 Å². The Morgan fingerprint density at radius 1 is 1.21 bits per heavy atom. The molecule has 34 heavy (non-hydrogen) atoms. The quantitative estimate of drug-likeness (QED) is 0.288. The molecule has 0 saturated heterocycles. The fourth-order valence-electron chi connectivity index (χ4n) is 3.36. The summed E-state index contributed by atoms with van der Waals surface area (Å²) in [6.45, 7) is 10.1. The molecule has 4 rings (SSSR count). The average molecular weight is 459 g/mol. The van der Waals surface area contributed by atoms with Gasteiger partial charge in [0, 0.05) is 35.3 Å². The Morgan fingerprint density at radius 2 is 2.00 bits per heavy atom. The van der Waals surface area contributed by atoms with Crippen LogP contribution < -0.4 is 4.74 Å². The van der Waals surface area contributed by atoms with Crippen LogP contribution in [0.25, 0.3) is 11.3 Å². The van der Waals surface area contributed by atoms with Crippen molar-refractivity contribution in [3.05, 3.63) is 120 Å². The summed E-state index contributed by atoms with van der Waals surface area (Å²) in [6, 6.07) is 13.4. The monoisotopic (exact) mass is 459 g/mol. The van der Waals surface area contributed by atoms with Gasteiger partial charge >= 0.3 is 0 Å². The highest BCUT2D eigenvalue weighted by Gasteiger charge is 2.15. The lowest BCUT2D eigenvalue weighted by Crippen LogP contribution is -2.13. The first-order valence-electron chi connectivity index (χ1n) is 10.6. The fourth-order valence-corrected chi connectivity index (χ4v) is 3.36. The number of ether oxygens (including phenoxy) is 1. The van der Waals surface area contributed by atoms with Gasteiger partial charge in [0.15, 0.2) is 17.4 Å². The van der Waals surface area contributed by atoms with E-state index < -0.39 is 11.6 Å². The predicted octanol–water partition coefficient (Wildman–Crippen LogP) is 6.42. The lowest BCUT2D eigenvalue weighted by atomic mass is 10.1. The second kappa shape index (κ2) is 10.1. The van der Waals surface area contributed by atoms with Gasteiger partial charge in [-0.3, -0.25) is 4.99 Å². The molecule has 0 unspecified atom stereocenters. The van der Waals surface area contributed by atoms with Crippen LogP contribution in [0.15, 0.2) is 107 Å². The van der Waals surface area contributed by atoms with Crippen LogP contribution in [-0.2, 0) is 6.54 Å². The zero-order valence-corrected chi connectivity index (χ0v) is 18.7. The molecule has 172 valence electrons. The highest BCUT2D eigenvalue weighted by atomic mass is 19.2. The van der Waals surface area contributed by atoms with Crippen molar-refractivity contribution >= 4 is 5.71 Å². The molecule has 0 N–H and O–H groups in total. The number of halogens is 2. The van der Waals surface area contributed by atoms with Gasteiger partial charge in [0.05, 0.1) is 12.2 Å². The smallest absolute Gasteiger partial charge is 0.167 e. The number of hydrogen-bond donors (Lipinski definition) is 0. The first kappa shape index (κ1) is 22.9. The van der Waals surface area contributed by atoms with E-state index in [-0.39, 0.29) is 5.56 Å². The molecule has 1 aromatic heterocycles. The second-order valence-electron chi connectivity index (χ2n) is 7.63. The summed E-state index contributed by atoms with van der Waals surface area (Å²) in [5, 5.41) is 4.16. The Kier molecular flexibility index (Phi) is 6.82. The van der Waals surface area contributed by atoms with Gasteiger partial charge in [-0.2, -0.15) is 0 Å². The minimum atomic E-state index is -0.923. The van der Waals surface area contributed by atoms with Gasteiger partial charge in [0.2, 0.25) is 0 Å². The first-order chi connectivity index (χ1) is 16.4. The largest absolute Gasteiger partial charge is 0.490 e. The molecule has 0 amide bonds. The normalized spacial score (nSPS) is 13.7. The summed E-state index contributed by atoms with van der Waals surface area (Å²) in [6.07, 6.45) is 7.10. The van der Waals surface area contributed by atoms with Crippen molar-refractivity contribution in [2.24, 2.45) is 4.99 Å². The molecule has 3 aromatic rings. The molecule has 1 aliphatic heterocycles. The average Bonchev–Trinajstić information content (AvgIpc) is 3.30. The van der Waals surface area contributed by atoms with E-state index in [1.54, 1.807) is 25.3 Å². The minimum Gasteiger partial charge on any atom is -0.490 e. The number of hydrogen-bond acceptors (Lipinski definition) is 5. The zero-order valence-electron chi connectivity index (χ0n) is 18.7. The van der Waals surface area contributed by atoms with Gasteiger partial charge in [0.1, 0.15) is 18.1 Å². The Bertz CT molecular complexity index is 1300. The van der Waals surface area contributed by atoms with E-state index in [9.17, 15) is 8.78 Å². The topological polar surface area (TPSA) is 50.9 Å². The number of aromatic nitrogens is 1. The van der Waals surface area contributed by atoms with Crippen molar-refractivity contribution in [1.29, 1.82) is 0 Å². The van der Waals surface area contributed by atoms with Crippen LogP contribution in [-0.4, -0.2) is 22.4 Å². The van der Waals surface area contributed by atoms with E-state index in [0.29, 0.717) is 41.6 Å². The first-order valence-corrected chi connectivity index (χ1v) is 10.6. The molecule has 0 fully saturated rings. The van der Waals surface area contributed by atoms with E-state index >= 15 is 0 Å². The standard InChI is InChI=1S/C27H23F2N3O2/c1-4-14-33-21-10-8-20(9-11-21)25-15-22(34-31-25)16-32-13-12-18(2)26(17-32)30-19(3)23-6-5-7-24(28)27(23)29/h4-13,15,17H,1-2,14,16H2,3H3. The molecule has 2 heterocycles. The maximum absolute atomic E-state index is 14.1. The van der Waals surface area contributed by atoms with Crippen molar-refractivity contribution < 1.29 is 18.0 Å². The SMILES string of the molecule is C=CCOc1ccc(-c2cc(CN3C=CC(=C)C(N=C(C)c4cccc(F)c4F)=C3)on2)cc1. The zero-order chi connectivity index (χ0) is 24.1. The van der Waals surface area contributed by atoms with E-state index in [1.807, 2.05) is 41.4 Å². The number of nitrogens with zero attached hydrogens (tertiary/aromatic N) is 3. The molecule has 0 atom stereocenters. The van der Waals surface area contributed by atoms with Gasteiger partial charge in [-0.15, -0.1) is 0 Å². The number of benzene rings is 2. The van der Waals surface area contributed by atoms with Crippen LogP contribution in [0.2, 0.25) is 0 Å². The highest BCUT2D eigenvalue weighted by molar-refractivity contribution is 5.99. The molecule has 0 radical (unpaired) electrons. The van der Waals surface area contributed by atoms with E-state index in [2.05, 4.69) is 23.3 Å². The lowest BCUT2D eigenvalue weighted by molar-refractivity contribution is 0.341. The molecule has 1 aliphatic rings. The summed E-state index contributed by atoms with van der Waals surface area (Å²) < 4.78 is 38.7. The second-order valence-corrected chi connectivity index (χ2v) is 7.63. The molecular formula is C27H23F2N3O2. The van der Waals surface area contributed by atoms with Crippen molar-refractivity contribution in [3.8, 4) is 17.0 Å².